The van der Waals surface area contributed by atoms with E-state index in [9.17, 15) is 4.79 Å². The standard InChI is InChI=1S/C20H23N3OS/c1-6-23-17-13(2)7-8-14(3)18(17)25-20(23)21-19(24)15-9-11-16(12-10-15)22(4)5/h7-12H,6H2,1-5H3. The Labute approximate surface area is 152 Å². The number of rotatable bonds is 3. The molecule has 0 saturated heterocycles. The average molecular weight is 353 g/mol. The third kappa shape index (κ3) is 3.24. The molecular formula is C20H23N3OS. The van der Waals surface area contributed by atoms with E-state index in [0.29, 0.717) is 5.56 Å². The molecule has 0 aliphatic heterocycles. The molecule has 2 aromatic carbocycles. The molecule has 1 heterocycles. The highest BCUT2D eigenvalue weighted by molar-refractivity contribution is 7.16. The minimum atomic E-state index is -0.200. The van der Waals surface area contributed by atoms with Gasteiger partial charge < -0.3 is 9.47 Å². The molecule has 0 saturated carbocycles. The van der Waals surface area contributed by atoms with Crippen molar-refractivity contribution >= 4 is 33.1 Å². The Hall–Kier alpha value is -2.40. The monoisotopic (exact) mass is 353 g/mol. The van der Waals surface area contributed by atoms with Crippen molar-refractivity contribution in [1.82, 2.24) is 4.57 Å². The van der Waals surface area contributed by atoms with Gasteiger partial charge in [0.15, 0.2) is 4.80 Å². The highest BCUT2D eigenvalue weighted by Gasteiger charge is 2.12. The third-order valence-corrected chi connectivity index (χ3v) is 5.58. The third-order valence-electron chi connectivity index (χ3n) is 4.37. The number of fused-ring (bicyclic) bond motifs is 1. The van der Waals surface area contributed by atoms with Crippen molar-refractivity contribution in [1.29, 1.82) is 0 Å². The maximum atomic E-state index is 12.6. The molecule has 1 aromatic heterocycles. The van der Waals surface area contributed by atoms with Gasteiger partial charge >= 0.3 is 0 Å². The Morgan fingerprint density at radius 1 is 1.08 bits per heavy atom. The van der Waals surface area contributed by atoms with Crippen LogP contribution in [0, 0.1) is 13.8 Å². The summed E-state index contributed by atoms with van der Waals surface area (Å²) in [5.41, 5.74) is 5.29. The number of hydrogen-bond acceptors (Lipinski definition) is 3. The molecule has 0 atom stereocenters. The summed E-state index contributed by atoms with van der Waals surface area (Å²) in [5.74, 6) is -0.200. The van der Waals surface area contributed by atoms with Crippen LogP contribution in [0.15, 0.2) is 41.4 Å². The van der Waals surface area contributed by atoms with Crippen LogP contribution in [-0.2, 0) is 6.54 Å². The van der Waals surface area contributed by atoms with Crippen LogP contribution in [0.1, 0.15) is 28.4 Å². The fourth-order valence-corrected chi connectivity index (χ4v) is 4.15. The predicted octanol–water partition coefficient (Wildman–Crippen LogP) is 4.15. The van der Waals surface area contributed by atoms with E-state index in [4.69, 9.17) is 0 Å². The molecule has 0 fully saturated rings. The van der Waals surface area contributed by atoms with Gasteiger partial charge in [-0.2, -0.15) is 4.99 Å². The topological polar surface area (TPSA) is 37.6 Å². The summed E-state index contributed by atoms with van der Waals surface area (Å²) in [6.45, 7) is 7.08. The second-order valence-electron chi connectivity index (χ2n) is 6.36. The summed E-state index contributed by atoms with van der Waals surface area (Å²) in [4.78, 5) is 19.8. The Morgan fingerprint density at radius 2 is 1.72 bits per heavy atom. The van der Waals surface area contributed by atoms with Crippen molar-refractivity contribution in [2.24, 2.45) is 4.99 Å². The van der Waals surface area contributed by atoms with Crippen molar-refractivity contribution in [3.63, 3.8) is 0 Å². The lowest BCUT2D eigenvalue weighted by atomic mass is 10.1. The zero-order valence-electron chi connectivity index (χ0n) is 15.3. The quantitative estimate of drug-likeness (QED) is 0.709. The highest BCUT2D eigenvalue weighted by Crippen LogP contribution is 2.25. The van der Waals surface area contributed by atoms with E-state index in [1.165, 1.54) is 21.3 Å². The summed E-state index contributed by atoms with van der Waals surface area (Å²) in [6.07, 6.45) is 0. The summed E-state index contributed by atoms with van der Waals surface area (Å²) in [6, 6.07) is 11.8. The molecule has 5 heteroatoms. The van der Waals surface area contributed by atoms with E-state index in [0.717, 1.165) is 17.0 Å². The summed E-state index contributed by atoms with van der Waals surface area (Å²) < 4.78 is 3.34. The molecule has 0 spiro atoms. The first-order valence-electron chi connectivity index (χ1n) is 8.38. The second kappa shape index (κ2) is 6.84. The number of carbonyl (C=O) groups is 1. The number of anilines is 1. The molecular weight excluding hydrogens is 330 g/mol. The van der Waals surface area contributed by atoms with Crippen LogP contribution in [-0.4, -0.2) is 24.6 Å². The van der Waals surface area contributed by atoms with Crippen molar-refractivity contribution in [2.75, 3.05) is 19.0 Å². The van der Waals surface area contributed by atoms with Gasteiger partial charge in [0.2, 0.25) is 0 Å². The van der Waals surface area contributed by atoms with Gasteiger partial charge in [-0.15, -0.1) is 0 Å². The number of hydrogen-bond donors (Lipinski definition) is 0. The van der Waals surface area contributed by atoms with Crippen LogP contribution >= 0.6 is 11.3 Å². The fourth-order valence-electron chi connectivity index (χ4n) is 2.91. The van der Waals surface area contributed by atoms with E-state index < -0.39 is 0 Å². The van der Waals surface area contributed by atoms with E-state index in [1.807, 2.05) is 43.3 Å². The molecule has 0 unspecified atom stereocenters. The van der Waals surface area contributed by atoms with Crippen LogP contribution in [0.2, 0.25) is 0 Å². The number of nitrogens with zero attached hydrogens (tertiary/aromatic N) is 3. The lowest BCUT2D eigenvalue weighted by Crippen LogP contribution is -2.16. The average Bonchev–Trinajstić information content (AvgIpc) is 2.97. The first kappa shape index (κ1) is 17.4. The maximum absolute atomic E-state index is 12.6. The molecule has 0 radical (unpaired) electrons. The SMILES string of the molecule is CCn1c(=NC(=O)c2ccc(N(C)C)cc2)sc2c(C)ccc(C)c21. The molecule has 0 bridgehead atoms. The second-order valence-corrected chi connectivity index (χ2v) is 7.34. The molecule has 0 N–H and O–H groups in total. The lowest BCUT2D eigenvalue weighted by molar-refractivity contribution is 0.0998. The minimum Gasteiger partial charge on any atom is -0.378 e. The van der Waals surface area contributed by atoms with Crippen LogP contribution < -0.4 is 9.70 Å². The van der Waals surface area contributed by atoms with Crippen molar-refractivity contribution < 1.29 is 4.79 Å². The smallest absolute Gasteiger partial charge is 0.279 e. The zero-order chi connectivity index (χ0) is 18.1. The van der Waals surface area contributed by atoms with Gasteiger partial charge in [0, 0.05) is 31.9 Å². The summed E-state index contributed by atoms with van der Waals surface area (Å²) in [7, 11) is 3.96. The molecule has 25 heavy (non-hydrogen) atoms. The number of aryl methyl sites for hydroxylation is 3. The van der Waals surface area contributed by atoms with Crippen LogP contribution in [0.5, 0.6) is 0 Å². The first-order chi connectivity index (χ1) is 11.9. The van der Waals surface area contributed by atoms with Gasteiger partial charge in [0.1, 0.15) is 0 Å². The largest absolute Gasteiger partial charge is 0.378 e. The molecule has 0 aliphatic carbocycles. The minimum absolute atomic E-state index is 0.200. The summed E-state index contributed by atoms with van der Waals surface area (Å²) in [5, 5.41) is 0. The Bertz CT molecular complexity index is 994. The van der Waals surface area contributed by atoms with Crippen molar-refractivity contribution in [2.45, 2.75) is 27.3 Å². The van der Waals surface area contributed by atoms with Crippen LogP contribution in [0.4, 0.5) is 5.69 Å². The number of thiazole rings is 1. The Kier molecular flexibility index (Phi) is 4.77. The summed E-state index contributed by atoms with van der Waals surface area (Å²) >= 11 is 1.59. The predicted molar refractivity (Wildman–Crippen MR) is 106 cm³/mol. The molecule has 1 amide bonds. The lowest BCUT2D eigenvalue weighted by Gasteiger charge is -2.11. The van der Waals surface area contributed by atoms with Gasteiger partial charge in [-0.25, -0.2) is 0 Å². The van der Waals surface area contributed by atoms with Crippen molar-refractivity contribution in [3.05, 3.63) is 57.9 Å². The Balaban J connectivity index is 2.10. The highest BCUT2D eigenvalue weighted by atomic mass is 32.1. The first-order valence-corrected chi connectivity index (χ1v) is 9.20. The van der Waals surface area contributed by atoms with Crippen LogP contribution in [0.25, 0.3) is 10.2 Å². The van der Waals surface area contributed by atoms with E-state index >= 15 is 0 Å². The van der Waals surface area contributed by atoms with Gasteiger partial charge in [0.25, 0.3) is 5.91 Å². The molecule has 0 aliphatic rings. The van der Waals surface area contributed by atoms with E-state index in [2.05, 4.69) is 42.5 Å². The molecule has 3 aromatic rings. The van der Waals surface area contributed by atoms with Crippen molar-refractivity contribution in [3.8, 4) is 0 Å². The molecule has 3 rings (SSSR count). The van der Waals surface area contributed by atoms with E-state index in [1.54, 1.807) is 11.3 Å². The van der Waals surface area contributed by atoms with Gasteiger partial charge in [-0.3, -0.25) is 4.79 Å². The van der Waals surface area contributed by atoms with Gasteiger partial charge in [0.05, 0.1) is 10.2 Å². The maximum Gasteiger partial charge on any atom is 0.279 e. The fraction of sp³-hybridized carbons (Fsp3) is 0.300. The zero-order valence-corrected chi connectivity index (χ0v) is 16.1. The number of aromatic nitrogens is 1. The molecule has 4 nitrogen and oxygen atoms in total. The number of amides is 1. The number of benzene rings is 2. The number of carbonyl (C=O) groups excluding carboxylic acids is 1. The molecule has 130 valence electrons. The Morgan fingerprint density at radius 3 is 2.32 bits per heavy atom. The van der Waals surface area contributed by atoms with E-state index in [-0.39, 0.29) is 5.91 Å². The normalized spacial score (nSPS) is 12.0. The van der Waals surface area contributed by atoms with Crippen LogP contribution in [0.3, 0.4) is 0 Å². The van der Waals surface area contributed by atoms with Gasteiger partial charge in [-0.05, 0) is 56.2 Å². The van der Waals surface area contributed by atoms with Gasteiger partial charge in [-0.1, -0.05) is 23.5 Å².